The van der Waals surface area contributed by atoms with E-state index in [1.165, 1.54) is 32.2 Å². The number of rotatable bonds is 8. The number of amides is 1. The Morgan fingerprint density at radius 1 is 1.02 bits per heavy atom. The number of ketones is 3. The molecule has 1 saturated heterocycles. The molecule has 13 heteroatoms. The van der Waals surface area contributed by atoms with E-state index in [1.807, 2.05) is 30.3 Å². The molecule has 3 aromatic carbocycles. The molecule has 1 heterocycles. The first-order chi connectivity index (χ1) is 22.8. The number of hydrogen-bond acceptors (Lipinski definition) is 11. The summed E-state index contributed by atoms with van der Waals surface area (Å²) < 4.78 is 18.6. The van der Waals surface area contributed by atoms with Crippen LogP contribution in [0.15, 0.2) is 48.5 Å². The molecule has 0 spiro atoms. The number of aliphatic hydroxyl groups excluding tert-OH is 1. The SMILES string of the molecule is COc1cccc2c1C(=O)c1c(O)c3c(c(O)c1C2=O)C[C@@](O)(C(C)=O)C[C@@H]3O[C@H]1C[C@H](NC(=O)C[Se]c2ccccc2)[C@@H](O)[C@H](C)O1. The van der Waals surface area contributed by atoms with E-state index in [1.54, 1.807) is 6.92 Å². The molecule has 48 heavy (non-hydrogen) atoms. The molecule has 0 bridgehead atoms. The van der Waals surface area contributed by atoms with Gasteiger partial charge in [-0.2, -0.15) is 0 Å². The molecule has 0 aromatic heterocycles. The van der Waals surface area contributed by atoms with Crippen molar-refractivity contribution in [2.75, 3.05) is 7.11 Å². The Morgan fingerprint density at radius 2 is 1.73 bits per heavy atom. The van der Waals surface area contributed by atoms with Crippen LogP contribution in [-0.2, 0) is 25.5 Å². The van der Waals surface area contributed by atoms with E-state index in [0.717, 1.165) is 4.46 Å². The standard InChI is InChI=1S/C35H35NO11Se/c1-16-30(39)21(36-24(38)15-48-18-8-5-4-6-9-18)12-25(46-16)47-23-14-35(44,17(2)37)13-20-27(23)34(43)29-28(32(20)41)31(40)19-10-7-11-22(45-3)26(19)33(29)42/h4-11,16,21,23,25,30,39,41,43-44H,12-15H2,1-3H3,(H,36,38)/t16-,21-,23-,25-,30-,35-/m0/s1. The van der Waals surface area contributed by atoms with Crippen molar-refractivity contribution in [1.29, 1.82) is 0 Å². The number of phenols is 2. The minimum absolute atomic E-state index is 0.0282. The van der Waals surface area contributed by atoms with Gasteiger partial charge in [0, 0.05) is 5.56 Å². The molecule has 1 aliphatic heterocycles. The molecule has 252 valence electrons. The van der Waals surface area contributed by atoms with E-state index in [2.05, 4.69) is 5.32 Å². The van der Waals surface area contributed by atoms with E-state index >= 15 is 0 Å². The third-order valence-electron chi connectivity index (χ3n) is 9.21. The zero-order valence-corrected chi connectivity index (χ0v) is 28.1. The van der Waals surface area contributed by atoms with Gasteiger partial charge in [0.05, 0.1) is 12.7 Å². The molecular weight excluding hydrogens is 689 g/mol. The second kappa shape index (κ2) is 13.1. The second-order valence-electron chi connectivity index (χ2n) is 12.2. The van der Waals surface area contributed by atoms with Gasteiger partial charge in [0.2, 0.25) is 0 Å². The molecule has 1 fully saturated rings. The molecule has 3 aliphatic rings. The topological polar surface area (TPSA) is 189 Å². The number of aliphatic hydroxyl groups is 2. The minimum atomic E-state index is -2.06. The summed E-state index contributed by atoms with van der Waals surface area (Å²) in [5.74, 6) is -3.60. The predicted molar refractivity (Wildman–Crippen MR) is 171 cm³/mol. The Bertz CT molecular complexity index is 1810. The molecule has 6 rings (SSSR count). The van der Waals surface area contributed by atoms with Gasteiger partial charge in [-0.3, -0.25) is 9.59 Å². The fourth-order valence-electron chi connectivity index (χ4n) is 6.68. The van der Waals surface area contributed by atoms with Crippen LogP contribution in [0.2, 0.25) is 5.32 Å². The van der Waals surface area contributed by atoms with E-state index in [0.29, 0.717) is 0 Å². The van der Waals surface area contributed by atoms with Gasteiger partial charge in [-0.1, -0.05) is 12.1 Å². The molecule has 0 radical (unpaired) electrons. The molecule has 0 unspecified atom stereocenters. The Morgan fingerprint density at radius 3 is 2.42 bits per heavy atom. The van der Waals surface area contributed by atoms with Crippen LogP contribution in [0, 0.1) is 0 Å². The number of carbonyl (C=O) groups excluding carboxylic acids is 4. The summed E-state index contributed by atoms with van der Waals surface area (Å²) in [6.45, 7) is 2.77. The summed E-state index contributed by atoms with van der Waals surface area (Å²) in [6, 6.07) is 13.2. The molecule has 6 atom stereocenters. The Kier molecular flexibility index (Phi) is 9.20. The average Bonchev–Trinajstić information content (AvgIpc) is 3.06. The average molecular weight is 725 g/mol. The van der Waals surface area contributed by atoms with Crippen molar-refractivity contribution in [1.82, 2.24) is 5.32 Å². The van der Waals surface area contributed by atoms with Gasteiger partial charge in [-0.15, -0.1) is 0 Å². The van der Waals surface area contributed by atoms with Crippen molar-refractivity contribution in [2.45, 2.75) is 74.7 Å². The molecule has 3 aromatic rings. The summed E-state index contributed by atoms with van der Waals surface area (Å²) in [5, 5.41) is 48.7. The van der Waals surface area contributed by atoms with E-state index in [9.17, 15) is 39.6 Å². The van der Waals surface area contributed by atoms with Gasteiger partial charge in [-0.25, -0.2) is 0 Å². The first kappa shape index (κ1) is 33.8. The summed E-state index contributed by atoms with van der Waals surface area (Å²) in [4.78, 5) is 53.1. The number of ether oxygens (including phenoxy) is 3. The number of methoxy groups -OCH3 is 1. The normalized spacial score (nSPS) is 26.2. The number of Topliss-reactive ketones (excluding diaryl/α,β-unsaturated/α-hetero) is 1. The van der Waals surface area contributed by atoms with Crippen LogP contribution >= 0.6 is 0 Å². The van der Waals surface area contributed by atoms with Crippen molar-refractivity contribution in [3.63, 3.8) is 0 Å². The third-order valence-corrected chi connectivity index (χ3v) is 11.3. The number of nitrogens with one attached hydrogen (secondary N) is 1. The Balaban J connectivity index is 1.33. The third kappa shape index (κ3) is 5.91. The molecule has 12 nitrogen and oxygen atoms in total. The van der Waals surface area contributed by atoms with Gasteiger partial charge in [0.15, 0.2) is 5.78 Å². The van der Waals surface area contributed by atoms with Crippen molar-refractivity contribution in [2.24, 2.45) is 0 Å². The fourth-order valence-corrected chi connectivity index (χ4v) is 8.21. The van der Waals surface area contributed by atoms with Crippen LogP contribution in [0.3, 0.4) is 0 Å². The van der Waals surface area contributed by atoms with Crippen molar-refractivity contribution < 1.29 is 53.8 Å². The van der Waals surface area contributed by atoms with Gasteiger partial charge < -0.3 is 4.74 Å². The van der Waals surface area contributed by atoms with E-state index < -0.39 is 82.6 Å². The van der Waals surface area contributed by atoms with E-state index in [-0.39, 0.29) is 67.0 Å². The Hall–Kier alpha value is -4.10. The first-order valence-electron chi connectivity index (χ1n) is 15.4. The Labute approximate surface area is 282 Å². The van der Waals surface area contributed by atoms with Crippen LogP contribution in [-0.4, -0.2) is 95.9 Å². The summed E-state index contributed by atoms with van der Waals surface area (Å²) in [5.41, 5.74) is -3.27. The molecule has 2 aliphatic carbocycles. The predicted octanol–water partition coefficient (Wildman–Crippen LogP) is 1.63. The van der Waals surface area contributed by atoms with Gasteiger partial charge in [-0.05, 0) is 6.07 Å². The zero-order valence-electron chi connectivity index (χ0n) is 26.4. The van der Waals surface area contributed by atoms with Crippen LogP contribution < -0.4 is 14.5 Å². The molecule has 0 saturated carbocycles. The van der Waals surface area contributed by atoms with Gasteiger partial charge >= 0.3 is 220 Å². The second-order valence-corrected chi connectivity index (χ2v) is 14.4. The fraction of sp³-hybridized carbons (Fsp3) is 0.371. The van der Waals surface area contributed by atoms with Crippen LogP contribution in [0.4, 0.5) is 0 Å². The van der Waals surface area contributed by atoms with E-state index in [4.69, 9.17) is 14.2 Å². The summed E-state index contributed by atoms with van der Waals surface area (Å²) in [7, 11) is 1.33. The zero-order chi connectivity index (χ0) is 34.5. The first-order valence-corrected chi connectivity index (χ1v) is 17.5. The van der Waals surface area contributed by atoms with Crippen LogP contribution in [0.5, 0.6) is 17.2 Å². The number of fused-ring (bicyclic) bond motifs is 3. The van der Waals surface area contributed by atoms with Gasteiger partial charge in [0.25, 0.3) is 0 Å². The molecular formula is C35H35NO11Se. The maximum atomic E-state index is 13.9. The van der Waals surface area contributed by atoms with Gasteiger partial charge in [0.1, 0.15) is 5.75 Å². The van der Waals surface area contributed by atoms with Crippen molar-refractivity contribution in [3.8, 4) is 17.2 Å². The summed E-state index contributed by atoms with van der Waals surface area (Å²) >= 11 is -0.131. The van der Waals surface area contributed by atoms with Crippen LogP contribution in [0.1, 0.15) is 75.8 Å². The number of phenolic OH excluding ortho intramolecular Hbond substituents is 2. The van der Waals surface area contributed by atoms with Crippen LogP contribution in [0.25, 0.3) is 0 Å². The number of aromatic hydroxyl groups is 2. The van der Waals surface area contributed by atoms with Crippen molar-refractivity contribution >= 4 is 42.7 Å². The molecule has 1 amide bonds. The monoisotopic (exact) mass is 725 g/mol. The number of benzene rings is 3. The number of carbonyl (C=O) groups is 4. The quantitative estimate of drug-likeness (QED) is 0.131. The maximum absolute atomic E-state index is 13.9. The van der Waals surface area contributed by atoms with Crippen molar-refractivity contribution in [3.05, 3.63) is 81.9 Å². The number of hydrogen-bond donors (Lipinski definition) is 5. The summed E-state index contributed by atoms with van der Waals surface area (Å²) in [6.07, 6.45) is -5.18. The molecule has 5 N–H and O–H groups in total.